The monoisotopic (exact) mass is 251 g/mol. The van der Waals surface area contributed by atoms with Gasteiger partial charge in [0.05, 0.1) is 5.60 Å². The third-order valence-corrected chi connectivity index (χ3v) is 4.06. The van der Waals surface area contributed by atoms with E-state index in [1.54, 1.807) is 12.1 Å². The Balaban J connectivity index is 2.04. The summed E-state index contributed by atoms with van der Waals surface area (Å²) >= 11 is 0. The molecule has 1 aliphatic heterocycles. The molecule has 3 heteroatoms. The molecular formula is C15H22FNO. The molecule has 1 saturated heterocycles. The van der Waals surface area contributed by atoms with Crippen LogP contribution in [0, 0.1) is 12.7 Å². The van der Waals surface area contributed by atoms with Crippen molar-refractivity contribution in [3.05, 3.63) is 35.1 Å². The third kappa shape index (κ3) is 3.09. The largest absolute Gasteiger partial charge is 0.389 e. The Morgan fingerprint density at radius 3 is 2.56 bits per heavy atom. The lowest BCUT2D eigenvalue weighted by atomic mass is 9.84. The highest BCUT2D eigenvalue weighted by molar-refractivity contribution is 5.28. The molecule has 2 nitrogen and oxygen atoms in total. The van der Waals surface area contributed by atoms with Gasteiger partial charge in [-0.2, -0.15) is 0 Å². The molecule has 0 atom stereocenters. The Kier molecular flexibility index (Phi) is 4.03. The highest BCUT2D eigenvalue weighted by Crippen LogP contribution is 2.27. The van der Waals surface area contributed by atoms with Crippen molar-refractivity contribution in [3.63, 3.8) is 0 Å². The lowest BCUT2D eigenvalue weighted by Gasteiger charge is -2.38. The summed E-state index contributed by atoms with van der Waals surface area (Å²) in [4.78, 5) is 2.35. The van der Waals surface area contributed by atoms with Crippen molar-refractivity contribution in [1.82, 2.24) is 4.90 Å². The van der Waals surface area contributed by atoms with Gasteiger partial charge >= 0.3 is 0 Å². The Morgan fingerprint density at radius 1 is 1.33 bits per heavy atom. The number of hydrogen-bond donors (Lipinski definition) is 1. The first-order chi connectivity index (χ1) is 8.52. The van der Waals surface area contributed by atoms with E-state index in [0.29, 0.717) is 6.42 Å². The predicted octanol–water partition coefficient (Wildman–Crippen LogP) is 2.52. The summed E-state index contributed by atoms with van der Waals surface area (Å²) in [5.74, 6) is -0.205. The second kappa shape index (κ2) is 5.37. The van der Waals surface area contributed by atoms with E-state index in [1.807, 2.05) is 6.92 Å². The zero-order chi connectivity index (χ0) is 13.2. The van der Waals surface area contributed by atoms with Crippen LogP contribution in [0.4, 0.5) is 4.39 Å². The molecule has 0 bridgehead atoms. The first-order valence-corrected chi connectivity index (χ1v) is 6.72. The highest BCUT2D eigenvalue weighted by atomic mass is 19.1. The Labute approximate surface area is 108 Å². The minimum Gasteiger partial charge on any atom is -0.389 e. The molecule has 2 rings (SSSR count). The summed E-state index contributed by atoms with van der Waals surface area (Å²) in [7, 11) is 0. The van der Waals surface area contributed by atoms with E-state index in [9.17, 15) is 9.50 Å². The van der Waals surface area contributed by atoms with Crippen LogP contribution in [0.5, 0.6) is 0 Å². The van der Waals surface area contributed by atoms with Gasteiger partial charge in [0.25, 0.3) is 0 Å². The maximum Gasteiger partial charge on any atom is 0.123 e. The van der Waals surface area contributed by atoms with E-state index in [0.717, 1.165) is 43.6 Å². The molecule has 0 spiro atoms. The topological polar surface area (TPSA) is 23.5 Å². The smallest absolute Gasteiger partial charge is 0.123 e. The van der Waals surface area contributed by atoms with E-state index >= 15 is 0 Å². The number of halogens is 1. The predicted molar refractivity (Wildman–Crippen MR) is 71.1 cm³/mol. The van der Waals surface area contributed by atoms with Gasteiger partial charge in [-0.25, -0.2) is 4.39 Å². The molecule has 1 aliphatic rings. The third-order valence-electron chi connectivity index (χ3n) is 4.06. The second-order valence-corrected chi connectivity index (χ2v) is 5.41. The molecule has 0 aliphatic carbocycles. The van der Waals surface area contributed by atoms with E-state index in [4.69, 9.17) is 0 Å². The fourth-order valence-corrected chi connectivity index (χ4v) is 2.67. The summed E-state index contributed by atoms with van der Waals surface area (Å²) in [6.45, 7) is 7.00. The first-order valence-electron chi connectivity index (χ1n) is 6.72. The standard InChI is InChI=1S/C15H22FNO/c1-3-17-8-6-15(18,7-9-17)11-13-4-5-14(16)10-12(13)2/h4-5,10,18H,3,6-9,11H2,1-2H3. The quantitative estimate of drug-likeness (QED) is 0.892. The number of likely N-dealkylation sites (tertiary alicyclic amines) is 1. The summed E-state index contributed by atoms with van der Waals surface area (Å²) in [5, 5.41) is 10.6. The van der Waals surface area contributed by atoms with Crippen LogP contribution in [0.15, 0.2) is 18.2 Å². The van der Waals surface area contributed by atoms with Crippen LogP contribution in [0.1, 0.15) is 30.9 Å². The van der Waals surface area contributed by atoms with Crippen molar-refractivity contribution in [2.24, 2.45) is 0 Å². The number of hydrogen-bond acceptors (Lipinski definition) is 2. The molecule has 0 saturated carbocycles. The van der Waals surface area contributed by atoms with Crippen LogP contribution in [0.2, 0.25) is 0 Å². The van der Waals surface area contributed by atoms with Gasteiger partial charge in [0, 0.05) is 19.5 Å². The van der Waals surface area contributed by atoms with Crippen LogP contribution in [-0.4, -0.2) is 35.2 Å². The van der Waals surface area contributed by atoms with E-state index in [1.165, 1.54) is 6.07 Å². The number of aliphatic hydroxyl groups is 1. The van der Waals surface area contributed by atoms with Crippen molar-refractivity contribution in [1.29, 1.82) is 0 Å². The summed E-state index contributed by atoms with van der Waals surface area (Å²) in [6.07, 6.45) is 2.24. The summed E-state index contributed by atoms with van der Waals surface area (Å²) in [5.41, 5.74) is 1.37. The van der Waals surface area contributed by atoms with Gasteiger partial charge in [0.1, 0.15) is 5.82 Å². The number of nitrogens with zero attached hydrogens (tertiary/aromatic N) is 1. The van der Waals surface area contributed by atoms with Gasteiger partial charge in [0.15, 0.2) is 0 Å². The number of benzene rings is 1. The van der Waals surface area contributed by atoms with Crippen LogP contribution in [-0.2, 0) is 6.42 Å². The number of aryl methyl sites for hydroxylation is 1. The van der Waals surface area contributed by atoms with Crippen LogP contribution in [0.25, 0.3) is 0 Å². The van der Waals surface area contributed by atoms with E-state index in [-0.39, 0.29) is 5.82 Å². The molecule has 1 aromatic carbocycles. The van der Waals surface area contributed by atoms with E-state index in [2.05, 4.69) is 11.8 Å². The molecule has 18 heavy (non-hydrogen) atoms. The molecule has 1 heterocycles. The minimum atomic E-state index is -0.617. The van der Waals surface area contributed by atoms with Gasteiger partial charge < -0.3 is 10.0 Å². The lowest BCUT2D eigenvalue weighted by Crippen LogP contribution is -2.45. The number of rotatable bonds is 3. The highest BCUT2D eigenvalue weighted by Gasteiger charge is 2.32. The van der Waals surface area contributed by atoms with Gasteiger partial charge in [0.2, 0.25) is 0 Å². The fourth-order valence-electron chi connectivity index (χ4n) is 2.67. The average molecular weight is 251 g/mol. The van der Waals surface area contributed by atoms with Gasteiger partial charge in [-0.3, -0.25) is 0 Å². The maximum atomic E-state index is 13.0. The van der Waals surface area contributed by atoms with Crippen molar-refractivity contribution in [2.45, 2.75) is 38.7 Å². The number of piperidine rings is 1. The molecule has 0 amide bonds. The van der Waals surface area contributed by atoms with E-state index < -0.39 is 5.60 Å². The molecule has 0 radical (unpaired) electrons. The molecule has 1 fully saturated rings. The van der Waals surface area contributed by atoms with Crippen LogP contribution in [0.3, 0.4) is 0 Å². The molecule has 1 aromatic rings. The SMILES string of the molecule is CCN1CCC(O)(Cc2ccc(F)cc2C)CC1. The zero-order valence-corrected chi connectivity index (χ0v) is 11.2. The second-order valence-electron chi connectivity index (χ2n) is 5.41. The van der Waals surface area contributed by atoms with Crippen molar-refractivity contribution < 1.29 is 9.50 Å². The Hall–Kier alpha value is -0.930. The molecule has 0 aromatic heterocycles. The lowest BCUT2D eigenvalue weighted by molar-refractivity contribution is -0.0195. The molecular weight excluding hydrogens is 229 g/mol. The summed E-state index contributed by atoms with van der Waals surface area (Å²) < 4.78 is 13.0. The Bertz CT molecular complexity index is 411. The van der Waals surface area contributed by atoms with Gasteiger partial charge in [-0.1, -0.05) is 13.0 Å². The zero-order valence-electron chi connectivity index (χ0n) is 11.2. The summed E-state index contributed by atoms with van der Waals surface area (Å²) in [6, 6.07) is 4.82. The normalized spacial score (nSPS) is 20.0. The fraction of sp³-hybridized carbons (Fsp3) is 0.600. The molecule has 1 N–H and O–H groups in total. The average Bonchev–Trinajstić information content (AvgIpc) is 2.34. The van der Waals surface area contributed by atoms with Crippen LogP contribution >= 0.6 is 0 Å². The van der Waals surface area contributed by atoms with Crippen molar-refractivity contribution in [3.8, 4) is 0 Å². The van der Waals surface area contributed by atoms with Crippen LogP contribution < -0.4 is 0 Å². The Morgan fingerprint density at radius 2 is 2.00 bits per heavy atom. The van der Waals surface area contributed by atoms with Crippen molar-refractivity contribution >= 4 is 0 Å². The maximum absolute atomic E-state index is 13.0. The minimum absolute atomic E-state index is 0.205. The van der Waals surface area contributed by atoms with Crippen molar-refractivity contribution in [2.75, 3.05) is 19.6 Å². The van der Waals surface area contributed by atoms with Gasteiger partial charge in [-0.15, -0.1) is 0 Å². The van der Waals surface area contributed by atoms with Gasteiger partial charge in [-0.05, 0) is 49.6 Å². The first kappa shape index (κ1) is 13.5. The molecule has 0 unspecified atom stereocenters. The molecule has 100 valence electrons.